The van der Waals surface area contributed by atoms with Crippen molar-refractivity contribution in [3.8, 4) is 0 Å². The van der Waals surface area contributed by atoms with Crippen LogP contribution in [0, 0.1) is 5.92 Å². The monoisotopic (exact) mass is 262 g/mol. The molecule has 2 nitrogen and oxygen atoms in total. The number of hydrogen-bond acceptors (Lipinski definition) is 2. The summed E-state index contributed by atoms with van der Waals surface area (Å²) in [7, 11) is 0. The van der Waals surface area contributed by atoms with Crippen LogP contribution in [0.1, 0.15) is 65.2 Å². The van der Waals surface area contributed by atoms with Gasteiger partial charge in [-0.3, -0.25) is 0 Å². The van der Waals surface area contributed by atoms with Gasteiger partial charge in [-0.15, -0.1) is 0 Å². The van der Waals surface area contributed by atoms with Crippen molar-refractivity contribution in [1.29, 1.82) is 0 Å². The van der Waals surface area contributed by atoms with Crippen molar-refractivity contribution >= 4 is 5.97 Å². The van der Waals surface area contributed by atoms with Gasteiger partial charge in [-0.2, -0.15) is 0 Å². The van der Waals surface area contributed by atoms with E-state index in [0.29, 0.717) is 11.5 Å². The van der Waals surface area contributed by atoms with Crippen molar-refractivity contribution in [2.24, 2.45) is 5.92 Å². The maximum atomic E-state index is 12.0. The van der Waals surface area contributed by atoms with Crippen LogP contribution in [-0.4, -0.2) is 11.6 Å². The molecule has 1 atom stereocenters. The molecular formula is C17H26O2. The first-order valence-corrected chi connectivity index (χ1v) is 7.58. The third-order valence-electron chi connectivity index (χ3n) is 4.73. The molecule has 0 heterocycles. The van der Waals surface area contributed by atoms with Gasteiger partial charge in [-0.1, -0.05) is 24.6 Å². The van der Waals surface area contributed by atoms with Gasteiger partial charge in [0.05, 0.1) is 0 Å². The van der Waals surface area contributed by atoms with Crippen LogP contribution in [0.3, 0.4) is 0 Å². The van der Waals surface area contributed by atoms with Gasteiger partial charge < -0.3 is 4.74 Å². The van der Waals surface area contributed by atoms with E-state index in [9.17, 15) is 4.79 Å². The average Bonchev–Trinajstić information content (AvgIpc) is 2.40. The maximum Gasteiger partial charge on any atom is 0.333 e. The Balaban J connectivity index is 2.14. The Morgan fingerprint density at radius 2 is 2.05 bits per heavy atom. The molecule has 0 amide bonds. The van der Waals surface area contributed by atoms with E-state index < -0.39 is 0 Å². The van der Waals surface area contributed by atoms with Crippen LogP contribution in [-0.2, 0) is 9.53 Å². The van der Waals surface area contributed by atoms with Gasteiger partial charge >= 0.3 is 5.97 Å². The Labute approximate surface area is 116 Å². The van der Waals surface area contributed by atoms with Crippen LogP contribution in [0.5, 0.6) is 0 Å². The molecule has 0 aromatic heterocycles. The molecular weight excluding hydrogens is 236 g/mol. The van der Waals surface area contributed by atoms with E-state index in [4.69, 9.17) is 4.74 Å². The molecule has 0 saturated heterocycles. The summed E-state index contributed by atoms with van der Waals surface area (Å²) in [5, 5.41) is 0. The normalized spacial score (nSPS) is 26.4. The van der Waals surface area contributed by atoms with Gasteiger partial charge in [0, 0.05) is 11.5 Å². The predicted molar refractivity (Wildman–Crippen MR) is 77.8 cm³/mol. The van der Waals surface area contributed by atoms with E-state index in [1.807, 2.05) is 0 Å². The Kier molecular flexibility index (Phi) is 4.49. The lowest BCUT2D eigenvalue weighted by molar-refractivity contribution is -0.167. The lowest BCUT2D eigenvalue weighted by atomic mass is 9.70. The summed E-state index contributed by atoms with van der Waals surface area (Å²) in [5.74, 6) is 0.299. The molecule has 106 valence electrons. The SMILES string of the molecule is C=C(C)C(=O)OC1(C2CC=C(C)CC2)CCCCC1. The summed E-state index contributed by atoms with van der Waals surface area (Å²) >= 11 is 0. The zero-order chi connectivity index (χ0) is 13.9. The first kappa shape index (κ1) is 14.4. The summed E-state index contributed by atoms with van der Waals surface area (Å²) < 4.78 is 5.95. The molecule has 19 heavy (non-hydrogen) atoms. The third-order valence-corrected chi connectivity index (χ3v) is 4.73. The molecule has 0 spiro atoms. The fourth-order valence-corrected chi connectivity index (χ4v) is 3.46. The van der Waals surface area contributed by atoms with Crippen LogP contribution in [0.2, 0.25) is 0 Å². The molecule has 0 aromatic carbocycles. The molecule has 1 unspecified atom stereocenters. The Hall–Kier alpha value is -1.05. The number of carbonyl (C=O) groups is 1. The van der Waals surface area contributed by atoms with Crippen LogP contribution in [0.4, 0.5) is 0 Å². The zero-order valence-electron chi connectivity index (χ0n) is 12.3. The standard InChI is InChI=1S/C17H26O2/c1-13(2)16(18)19-17(11-5-4-6-12-17)15-9-7-14(3)8-10-15/h7,15H,1,4-6,8-12H2,2-3H3. The predicted octanol–water partition coefficient (Wildman–Crippen LogP) is 4.56. The van der Waals surface area contributed by atoms with Gasteiger partial charge in [0.1, 0.15) is 5.60 Å². The van der Waals surface area contributed by atoms with E-state index >= 15 is 0 Å². The zero-order valence-corrected chi connectivity index (χ0v) is 12.3. The van der Waals surface area contributed by atoms with Crippen molar-refractivity contribution in [2.45, 2.75) is 70.8 Å². The molecule has 0 radical (unpaired) electrons. The number of carbonyl (C=O) groups excluding carboxylic acids is 1. The first-order valence-electron chi connectivity index (χ1n) is 7.58. The molecule has 0 bridgehead atoms. The minimum atomic E-state index is -0.217. The Morgan fingerprint density at radius 3 is 2.58 bits per heavy atom. The fourth-order valence-electron chi connectivity index (χ4n) is 3.46. The van der Waals surface area contributed by atoms with Crippen LogP contribution in [0.15, 0.2) is 23.8 Å². The van der Waals surface area contributed by atoms with Crippen molar-refractivity contribution in [3.63, 3.8) is 0 Å². The van der Waals surface area contributed by atoms with E-state index in [1.54, 1.807) is 6.92 Å². The van der Waals surface area contributed by atoms with E-state index in [2.05, 4.69) is 19.6 Å². The van der Waals surface area contributed by atoms with Crippen molar-refractivity contribution < 1.29 is 9.53 Å². The third kappa shape index (κ3) is 3.29. The number of ether oxygens (including phenoxy) is 1. The molecule has 0 aromatic rings. The number of rotatable bonds is 3. The number of esters is 1. The van der Waals surface area contributed by atoms with E-state index in [1.165, 1.54) is 24.8 Å². The molecule has 0 aliphatic heterocycles. The van der Waals surface area contributed by atoms with Crippen LogP contribution >= 0.6 is 0 Å². The highest BCUT2D eigenvalue weighted by molar-refractivity contribution is 5.87. The molecule has 2 aliphatic rings. The quantitative estimate of drug-likeness (QED) is 0.423. The highest BCUT2D eigenvalue weighted by Gasteiger charge is 2.43. The average molecular weight is 262 g/mol. The molecule has 1 saturated carbocycles. The maximum absolute atomic E-state index is 12.0. The van der Waals surface area contributed by atoms with E-state index in [0.717, 1.165) is 32.1 Å². The second-order valence-electron chi connectivity index (χ2n) is 6.32. The molecule has 2 rings (SSSR count). The van der Waals surface area contributed by atoms with Gasteiger partial charge in [0.2, 0.25) is 0 Å². The highest BCUT2D eigenvalue weighted by Crippen LogP contribution is 2.44. The lowest BCUT2D eigenvalue weighted by Gasteiger charge is -2.44. The second-order valence-corrected chi connectivity index (χ2v) is 6.32. The molecule has 1 fully saturated rings. The minimum Gasteiger partial charge on any atom is -0.455 e. The summed E-state index contributed by atoms with van der Waals surface area (Å²) in [6, 6.07) is 0. The topological polar surface area (TPSA) is 26.3 Å². The van der Waals surface area contributed by atoms with Crippen LogP contribution in [0.25, 0.3) is 0 Å². The first-order chi connectivity index (χ1) is 9.03. The smallest absolute Gasteiger partial charge is 0.333 e. The largest absolute Gasteiger partial charge is 0.455 e. The van der Waals surface area contributed by atoms with Gasteiger partial charge in [-0.05, 0) is 58.8 Å². The molecule has 2 aliphatic carbocycles. The number of hydrogen-bond donors (Lipinski definition) is 0. The second kappa shape index (κ2) is 5.94. The minimum absolute atomic E-state index is 0.201. The van der Waals surface area contributed by atoms with Gasteiger partial charge in [0.15, 0.2) is 0 Å². The van der Waals surface area contributed by atoms with Gasteiger partial charge in [-0.25, -0.2) is 4.79 Å². The summed E-state index contributed by atoms with van der Waals surface area (Å²) in [4.78, 5) is 12.0. The Bertz CT molecular complexity index is 386. The van der Waals surface area contributed by atoms with E-state index in [-0.39, 0.29) is 11.6 Å². The van der Waals surface area contributed by atoms with Crippen molar-refractivity contribution in [3.05, 3.63) is 23.8 Å². The lowest BCUT2D eigenvalue weighted by Crippen LogP contribution is -2.45. The molecule has 2 heteroatoms. The Morgan fingerprint density at radius 1 is 1.37 bits per heavy atom. The van der Waals surface area contributed by atoms with Gasteiger partial charge in [0.25, 0.3) is 0 Å². The fraction of sp³-hybridized carbons (Fsp3) is 0.706. The molecule has 0 N–H and O–H groups in total. The summed E-state index contributed by atoms with van der Waals surface area (Å²) in [6.45, 7) is 7.66. The summed E-state index contributed by atoms with van der Waals surface area (Å²) in [6.07, 6.45) is 11.4. The summed E-state index contributed by atoms with van der Waals surface area (Å²) in [5.41, 5.74) is 1.78. The highest BCUT2D eigenvalue weighted by atomic mass is 16.6. The number of allylic oxidation sites excluding steroid dienone is 2. The van der Waals surface area contributed by atoms with Crippen molar-refractivity contribution in [2.75, 3.05) is 0 Å². The van der Waals surface area contributed by atoms with Crippen molar-refractivity contribution in [1.82, 2.24) is 0 Å². The van der Waals surface area contributed by atoms with Crippen LogP contribution < -0.4 is 0 Å².